The lowest BCUT2D eigenvalue weighted by Gasteiger charge is -2.09. The molecule has 21 heavy (non-hydrogen) atoms. The molecule has 1 aromatic carbocycles. The maximum atomic E-state index is 12.1. The molecule has 0 aliphatic heterocycles. The number of aromatic nitrogens is 1. The summed E-state index contributed by atoms with van der Waals surface area (Å²) in [6.45, 7) is 4.16. The van der Waals surface area contributed by atoms with E-state index in [-0.39, 0.29) is 11.6 Å². The minimum atomic E-state index is -1.12. The molecule has 108 valence electrons. The van der Waals surface area contributed by atoms with Crippen LogP contribution in [-0.2, 0) is 0 Å². The Morgan fingerprint density at radius 2 is 1.95 bits per heavy atom. The van der Waals surface area contributed by atoms with Gasteiger partial charge in [-0.05, 0) is 35.7 Å². The number of aromatic carboxylic acids is 1. The number of amides is 1. The van der Waals surface area contributed by atoms with Gasteiger partial charge in [-0.2, -0.15) is 0 Å². The molecule has 1 heterocycles. The van der Waals surface area contributed by atoms with Crippen molar-refractivity contribution >= 4 is 17.6 Å². The van der Waals surface area contributed by atoms with Crippen molar-refractivity contribution in [3.05, 3.63) is 59.4 Å². The van der Waals surface area contributed by atoms with Crippen molar-refractivity contribution in [1.29, 1.82) is 0 Å². The Bertz CT molecular complexity index is 663. The maximum absolute atomic E-state index is 12.1. The topological polar surface area (TPSA) is 79.3 Å². The van der Waals surface area contributed by atoms with Crippen LogP contribution < -0.4 is 5.32 Å². The third-order valence-corrected chi connectivity index (χ3v) is 3.06. The lowest BCUT2D eigenvalue weighted by molar-refractivity contribution is 0.0690. The zero-order valence-corrected chi connectivity index (χ0v) is 11.8. The molecule has 5 heteroatoms. The number of anilines is 1. The van der Waals surface area contributed by atoms with Gasteiger partial charge >= 0.3 is 5.97 Å². The standard InChI is InChI=1S/C16H16N2O3/c1-10(2)11-4-3-5-13(8-11)18-15(19)12-6-7-14(16(20)21)17-9-12/h3-10H,1-2H3,(H,18,19)(H,20,21). The van der Waals surface area contributed by atoms with E-state index in [4.69, 9.17) is 5.11 Å². The number of carbonyl (C=O) groups is 2. The first-order valence-electron chi connectivity index (χ1n) is 6.58. The van der Waals surface area contributed by atoms with Crippen LogP contribution in [0.2, 0.25) is 0 Å². The highest BCUT2D eigenvalue weighted by atomic mass is 16.4. The molecule has 2 N–H and O–H groups in total. The lowest BCUT2D eigenvalue weighted by atomic mass is 10.0. The van der Waals surface area contributed by atoms with Gasteiger partial charge in [0.1, 0.15) is 5.69 Å². The fraction of sp³-hybridized carbons (Fsp3) is 0.188. The molecule has 1 amide bonds. The van der Waals surface area contributed by atoms with E-state index >= 15 is 0 Å². The molecule has 1 aromatic heterocycles. The second kappa shape index (κ2) is 6.17. The van der Waals surface area contributed by atoms with E-state index in [0.717, 1.165) is 5.56 Å². The Labute approximate surface area is 122 Å². The Morgan fingerprint density at radius 3 is 2.52 bits per heavy atom. The average Bonchev–Trinajstić information content (AvgIpc) is 2.47. The van der Waals surface area contributed by atoms with Crippen LogP contribution in [0.5, 0.6) is 0 Å². The monoisotopic (exact) mass is 284 g/mol. The Balaban J connectivity index is 2.14. The van der Waals surface area contributed by atoms with Gasteiger partial charge in [0.25, 0.3) is 5.91 Å². The van der Waals surface area contributed by atoms with Crippen molar-refractivity contribution in [3.8, 4) is 0 Å². The predicted octanol–water partition coefficient (Wildman–Crippen LogP) is 3.16. The first-order chi connectivity index (χ1) is 9.97. The molecule has 0 bridgehead atoms. The number of carboxylic acids is 1. The summed E-state index contributed by atoms with van der Waals surface area (Å²) in [5.41, 5.74) is 2.06. The van der Waals surface area contributed by atoms with Crippen LogP contribution in [0.1, 0.15) is 46.2 Å². The molecule has 0 saturated heterocycles. The van der Waals surface area contributed by atoms with Gasteiger partial charge in [-0.15, -0.1) is 0 Å². The summed E-state index contributed by atoms with van der Waals surface area (Å²) in [5.74, 6) is -1.06. The van der Waals surface area contributed by atoms with Crippen LogP contribution in [0.15, 0.2) is 42.6 Å². The molecule has 0 radical (unpaired) electrons. The van der Waals surface area contributed by atoms with Gasteiger partial charge in [0.2, 0.25) is 0 Å². The molecular weight excluding hydrogens is 268 g/mol. The van der Waals surface area contributed by atoms with Gasteiger partial charge in [-0.1, -0.05) is 26.0 Å². The number of hydrogen-bond acceptors (Lipinski definition) is 3. The summed E-state index contributed by atoms with van der Waals surface area (Å²) in [7, 11) is 0. The fourth-order valence-corrected chi connectivity index (χ4v) is 1.83. The number of hydrogen-bond donors (Lipinski definition) is 2. The zero-order chi connectivity index (χ0) is 15.4. The van der Waals surface area contributed by atoms with Crippen molar-refractivity contribution < 1.29 is 14.7 Å². The first-order valence-corrected chi connectivity index (χ1v) is 6.58. The van der Waals surface area contributed by atoms with Crippen LogP contribution >= 0.6 is 0 Å². The number of benzene rings is 1. The van der Waals surface area contributed by atoms with Crippen LogP contribution in [0.3, 0.4) is 0 Å². The Morgan fingerprint density at radius 1 is 1.19 bits per heavy atom. The number of nitrogens with one attached hydrogen (secondary N) is 1. The summed E-state index contributed by atoms with van der Waals surface area (Å²) < 4.78 is 0. The minimum Gasteiger partial charge on any atom is -0.477 e. The molecule has 5 nitrogen and oxygen atoms in total. The second-order valence-electron chi connectivity index (χ2n) is 4.97. The van der Waals surface area contributed by atoms with Crippen molar-refractivity contribution in [2.45, 2.75) is 19.8 Å². The van der Waals surface area contributed by atoms with E-state index in [2.05, 4.69) is 24.1 Å². The molecular formula is C16H16N2O3. The minimum absolute atomic E-state index is 0.0895. The molecule has 0 saturated carbocycles. The van der Waals surface area contributed by atoms with E-state index < -0.39 is 5.97 Å². The molecule has 2 rings (SSSR count). The van der Waals surface area contributed by atoms with E-state index in [9.17, 15) is 9.59 Å². The SMILES string of the molecule is CC(C)c1cccc(NC(=O)c2ccc(C(=O)O)nc2)c1. The average molecular weight is 284 g/mol. The smallest absolute Gasteiger partial charge is 0.354 e. The summed E-state index contributed by atoms with van der Waals surface area (Å²) in [6, 6.07) is 10.4. The predicted molar refractivity (Wildman–Crippen MR) is 79.7 cm³/mol. The Hall–Kier alpha value is -2.69. The molecule has 0 spiro atoms. The molecule has 2 aromatic rings. The first kappa shape index (κ1) is 14.7. The van der Waals surface area contributed by atoms with Crippen molar-refractivity contribution in [1.82, 2.24) is 4.98 Å². The second-order valence-corrected chi connectivity index (χ2v) is 4.97. The van der Waals surface area contributed by atoms with Gasteiger partial charge in [0, 0.05) is 11.9 Å². The highest BCUT2D eigenvalue weighted by Gasteiger charge is 2.10. The summed E-state index contributed by atoms with van der Waals surface area (Å²) in [6.07, 6.45) is 1.26. The number of nitrogens with zero attached hydrogens (tertiary/aromatic N) is 1. The van der Waals surface area contributed by atoms with E-state index in [0.29, 0.717) is 17.2 Å². The summed E-state index contributed by atoms with van der Waals surface area (Å²) in [5, 5.41) is 11.5. The van der Waals surface area contributed by atoms with Crippen LogP contribution in [0, 0.1) is 0 Å². The number of rotatable bonds is 4. The van der Waals surface area contributed by atoms with Gasteiger partial charge in [-0.25, -0.2) is 9.78 Å². The van der Waals surface area contributed by atoms with Gasteiger partial charge < -0.3 is 10.4 Å². The quantitative estimate of drug-likeness (QED) is 0.903. The lowest BCUT2D eigenvalue weighted by Crippen LogP contribution is -2.13. The normalized spacial score (nSPS) is 10.4. The van der Waals surface area contributed by atoms with Crippen LogP contribution in [0.4, 0.5) is 5.69 Å². The van der Waals surface area contributed by atoms with Crippen molar-refractivity contribution in [2.24, 2.45) is 0 Å². The molecule has 0 atom stereocenters. The van der Waals surface area contributed by atoms with E-state index in [1.54, 1.807) is 0 Å². The molecule has 0 fully saturated rings. The number of carbonyl (C=O) groups excluding carboxylic acids is 1. The molecule has 0 unspecified atom stereocenters. The van der Waals surface area contributed by atoms with Gasteiger partial charge in [0.05, 0.1) is 5.56 Å². The Kier molecular flexibility index (Phi) is 4.33. The van der Waals surface area contributed by atoms with Gasteiger partial charge in [-0.3, -0.25) is 4.79 Å². The molecule has 0 aliphatic carbocycles. The van der Waals surface area contributed by atoms with Crippen LogP contribution in [0.25, 0.3) is 0 Å². The third kappa shape index (κ3) is 3.66. The largest absolute Gasteiger partial charge is 0.477 e. The van der Waals surface area contributed by atoms with Crippen LogP contribution in [-0.4, -0.2) is 22.0 Å². The zero-order valence-electron chi connectivity index (χ0n) is 11.8. The third-order valence-electron chi connectivity index (χ3n) is 3.06. The summed E-state index contributed by atoms with van der Waals surface area (Å²) in [4.78, 5) is 26.5. The number of pyridine rings is 1. The highest BCUT2D eigenvalue weighted by molar-refractivity contribution is 6.04. The number of carboxylic acid groups (broad SMARTS) is 1. The van der Waals surface area contributed by atoms with E-state index in [1.165, 1.54) is 18.3 Å². The molecule has 0 aliphatic rings. The fourth-order valence-electron chi connectivity index (χ4n) is 1.83. The van der Waals surface area contributed by atoms with Gasteiger partial charge in [0.15, 0.2) is 0 Å². The highest BCUT2D eigenvalue weighted by Crippen LogP contribution is 2.19. The van der Waals surface area contributed by atoms with Crippen molar-refractivity contribution in [2.75, 3.05) is 5.32 Å². The van der Waals surface area contributed by atoms with E-state index in [1.807, 2.05) is 24.3 Å². The summed E-state index contributed by atoms with van der Waals surface area (Å²) >= 11 is 0. The maximum Gasteiger partial charge on any atom is 0.354 e. The van der Waals surface area contributed by atoms with Crippen molar-refractivity contribution in [3.63, 3.8) is 0 Å².